The lowest BCUT2D eigenvalue weighted by molar-refractivity contribution is -0.155. The lowest BCUT2D eigenvalue weighted by Gasteiger charge is -2.22. The Balaban J connectivity index is 1.92. The van der Waals surface area contributed by atoms with Gasteiger partial charge < -0.3 is 10.1 Å². The summed E-state index contributed by atoms with van der Waals surface area (Å²) >= 11 is 0. The van der Waals surface area contributed by atoms with Gasteiger partial charge in [0.15, 0.2) is 6.04 Å². The molecule has 0 fully saturated rings. The average molecular weight is 351 g/mol. The summed E-state index contributed by atoms with van der Waals surface area (Å²) in [6, 6.07) is 2.06. The number of carbonyl (C=O) groups is 1. The molecular weight excluding hydrogens is 335 g/mol. The van der Waals surface area contributed by atoms with Gasteiger partial charge in [0.25, 0.3) is 5.91 Å². The number of nitrogens with zero attached hydrogens (tertiary/aromatic N) is 2. The molecule has 0 spiro atoms. The van der Waals surface area contributed by atoms with Crippen LogP contribution in [0.2, 0.25) is 0 Å². The van der Waals surface area contributed by atoms with Crippen LogP contribution in [0.3, 0.4) is 0 Å². The molecule has 0 saturated carbocycles. The first-order valence-electron chi connectivity index (χ1n) is 7.74. The second kappa shape index (κ2) is 6.70. The molecule has 3 rings (SSSR count). The molecule has 0 saturated heterocycles. The predicted octanol–water partition coefficient (Wildman–Crippen LogP) is 3.01. The van der Waals surface area contributed by atoms with E-state index in [2.05, 4.69) is 9.97 Å². The van der Waals surface area contributed by atoms with Gasteiger partial charge in [-0.25, -0.2) is 4.98 Å². The van der Waals surface area contributed by atoms with Gasteiger partial charge in [0.2, 0.25) is 5.88 Å². The lowest BCUT2D eigenvalue weighted by Crippen LogP contribution is -2.38. The van der Waals surface area contributed by atoms with E-state index in [4.69, 9.17) is 4.74 Å². The quantitative estimate of drug-likeness (QED) is 0.920. The number of hydrogen-bond donors (Lipinski definition) is 1. The molecule has 1 aliphatic carbocycles. The molecule has 0 unspecified atom stereocenters. The lowest BCUT2D eigenvalue weighted by atomic mass is 10.1. The van der Waals surface area contributed by atoms with Crippen molar-refractivity contribution in [3.05, 3.63) is 53.0 Å². The Morgan fingerprint density at radius 1 is 1.36 bits per heavy atom. The van der Waals surface area contributed by atoms with Crippen LogP contribution in [0.5, 0.6) is 5.88 Å². The van der Waals surface area contributed by atoms with Crippen molar-refractivity contribution >= 4 is 5.91 Å². The highest BCUT2D eigenvalue weighted by atomic mass is 19.4. The number of hydrogen-bond acceptors (Lipinski definition) is 4. The van der Waals surface area contributed by atoms with Crippen LogP contribution in [0.1, 0.15) is 39.6 Å². The van der Waals surface area contributed by atoms with Gasteiger partial charge in [0.05, 0.1) is 7.11 Å². The van der Waals surface area contributed by atoms with Crippen LogP contribution in [0, 0.1) is 0 Å². The summed E-state index contributed by atoms with van der Waals surface area (Å²) in [7, 11) is 1.34. The molecule has 0 aliphatic heterocycles. The Bertz CT molecular complexity index is 779. The van der Waals surface area contributed by atoms with Crippen LogP contribution in [0.4, 0.5) is 13.2 Å². The highest BCUT2D eigenvalue weighted by Crippen LogP contribution is 2.33. The Morgan fingerprint density at radius 3 is 2.80 bits per heavy atom. The number of fused-ring (bicyclic) bond motifs is 1. The molecule has 2 heterocycles. The maximum Gasteiger partial charge on any atom is 0.412 e. The number of methoxy groups -OCH3 is 1. The van der Waals surface area contributed by atoms with Crippen LogP contribution in [-0.4, -0.2) is 29.2 Å². The van der Waals surface area contributed by atoms with Gasteiger partial charge in [-0.1, -0.05) is 6.07 Å². The Kier molecular flexibility index (Phi) is 4.61. The second-order valence-electron chi connectivity index (χ2n) is 5.74. The minimum absolute atomic E-state index is 0.00119. The first-order valence-corrected chi connectivity index (χ1v) is 7.74. The van der Waals surface area contributed by atoms with Gasteiger partial charge in [-0.3, -0.25) is 9.78 Å². The third-order valence-electron chi connectivity index (χ3n) is 4.07. The third-order valence-corrected chi connectivity index (χ3v) is 4.07. The average Bonchev–Trinajstić information content (AvgIpc) is 3.05. The van der Waals surface area contributed by atoms with Crippen molar-refractivity contribution in [3.63, 3.8) is 0 Å². The zero-order valence-corrected chi connectivity index (χ0v) is 13.4. The molecule has 5 nitrogen and oxygen atoms in total. The number of nitrogens with one attached hydrogen (secondary N) is 1. The minimum Gasteiger partial charge on any atom is -0.480 e. The SMILES string of the molecule is COc1nc2c(cc1C(=O)N[C@H](c1cccnc1)C(F)(F)F)CCC2. The molecule has 25 heavy (non-hydrogen) atoms. The second-order valence-corrected chi connectivity index (χ2v) is 5.74. The van der Waals surface area contributed by atoms with E-state index >= 15 is 0 Å². The van der Waals surface area contributed by atoms with Crippen LogP contribution in [-0.2, 0) is 12.8 Å². The molecule has 1 N–H and O–H groups in total. The summed E-state index contributed by atoms with van der Waals surface area (Å²) in [5, 5.41) is 2.03. The number of amides is 1. The van der Waals surface area contributed by atoms with E-state index in [0.717, 1.165) is 36.7 Å². The normalized spacial score (nSPS) is 14.7. The molecule has 1 amide bonds. The summed E-state index contributed by atoms with van der Waals surface area (Å²) < 4.78 is 45.3. The predicted molar refractivity (Wildman–Crippen MR) is 83.3 cm³/mol. The third kappa shape index (κ3) is 3.57. The van der Waals surface area contributed by atoms with E-state index in [1.807, 2.05) is 5.32 Å². The largest absolute Gasteiger partial charge is 0.480 e. The highest BCUT2D eigenvalue weighted by Gasteiger charge is 2.42. The van der Waals surface area contributed by atoms with Crippen LogP contribution in [0.25, 0.3) is 0 Å². The fourth-order valence-corrected chi connectivity index (χ4v) is 2.88. The van der Waals surface area contributed by atoms with E-state index in [1.165, 1.54) is 25.4 Å². The summed E-state index contributed by atoms with van der Waals surface area (Å²) in [5.41, 5.74) is 1.56. The number of halogens is 3. The van der Waals surface area contributed by atoms with Gasteiger partial charge in [0, 0.05) is 23.7 Å². The first-order chi connectivity index (χ1) is 11.9. The minimum atomic E-state index is -4.66. The fraction of sp³-hybridized carbons (Fsp3) is 0.353. The maximum atomic E-state index is 13.4. The molecule has 0 bridgehead atoms. The molecule has 0 aromatic carbocycles. The number of alkyl halides is 3. The van der Waals surface area contributed by atoms with Crippen molar-refractivity contribution in [3.8, 4) is 5.88 Å². The van der Waals surface area contributed by atoms with E-state index in [0.29, 0.717) is 0 Å². The van der Waals surface area contributed by atoms with Crippen molar-refractivity contribution in [1.82, 2.24) is 15.3 Å². The Morgan fingerprint density at radius 2 is 2.16 bits per heavy atom. The number of aryl methyl sites for hydroxylation is 2. The molecule has 1 aliphatic rings. The van der Waals surface area contributed by atoms with Gasteiger partial charge in [-0.2, -0.15) is 13.2 Å². The van der Waals surface area contributed by atoms with Gasteiger partial charge in [-0.05, 0) is 37.0 Å². The van der Waals surface area contributed by atoms with Crippen molar-refractivity contribution in [2.24, 2.45) is 0 Å². The molecule has 8 heteroatoms. The monoisotopic (exact) mass is 351 g/mol. The van der Waals surface area contributed by atoms with Crippen LogP contribution < -0.4 is 10.1 Å². The van der Waals surface area contributed by atoms with Gasteiger partial charge >= 0.3 is 6.18 Å². The zero-order chi connectivity index (χ0) is 18.0. The standard InChI is InChI=1S/C17H16F3N3O2/c1-25-16-12(8-10-4-2-6-13(10)22-16)15(24)23-14(17(18,19)20)11-5-3-7-21-9-11/h3,5,7-9,14H,2,4,6H2,1H3,(H,23,24)/t14-/m1/s1. The van der Waals surface area contributed by atoms with Gasteiger partial charge in [0.1, 0.15) is 5.56 Å². The molecular formula is C17H16F3N3O2. The fourth-order valence-electron chi connectivity index (χ4n) is 2.88. The summed E-state index contributed by atoms with van der Waals surface area (Å²) in [5.74, 6) is -0.851. The van der Waals surface area contributed by atoms with Crippen LogP contribution in [0.15, 0.2) is 30.6 Å². The molecule has 2 aromatic heterocycles. The molecule has 0 radical (unpaired) electrons. The smallest absolute Gasteiger partial charge is 0.412 e. The summed E-state index contributed by atoms with van der Waals surface area (Å²) in [6.45, 7) is 0. The van der Waals surface area contributed by atoms with E-state index in [-0.39, 0.29) is 17.0 Å². The van der Waals surface area contributed by atoms with Crippen molar-refractivity contribution in [2.75, 3.05) is 7.11 Å². The zero-order valence-electron chi connectivity index (χ0n) is 13.4. The highest BCUT2D eigenvalue weighted by molar-refractivity contribution is 5.97. The summed E-state index contributed by atoms with van der Waals surface area (Å²) in [6.07, 6.45) is 0.211. The Labute approximate surface area is 142 Å². The Hall–Kier alpha value is -2.64. The maximum absolute atomic E-state index is 13.4. The number of ether oxygens (including phenoxy) is 1. The van der Waals surface area contributed by atoms with Crippen LogP contribution >= 0.6 is 0 Å². The number of carbonyl (C=O) groups excluding carboxylic acids is 1. The van der Waals surface area contributed by atoms with Crippen molar-refractivity contribution in [1.29, 1.82) is 0 Å². The van der Waals surface area contributed by atoms with E-state index in [9.17, 15) is 18.0 Å². The molecule has 1 atom stereocenters. The summed E-state index contributed by atoms with van der Waals surface area (Å²) in [4.78, 5) is 20.5. The number of aromatic nitrogens is 2. The first kappa shape index (κ1) is 17.2. The van der Waals surface area contributed by atoms with E-state index < -0.39 is 18.1 Å². The number of rotatable bonds is 4. The van der Waals surface area contributed by atoms with E-state index in [1.54, 1.807) is 6.07 Å². The molecule has 132 valence electrons. The topological polar surface area (TPSA) is 64.1 Å². The number of pyridine rings is 2. The van der Waals surface area contributed by atoms with Gasteiger partial charge in [-0.15, -0.1) is 0 Å². The van der Waals surface area contributed by atoms with Crippen molar-refractivity contribution < 1.29 is 22.7 Å². The molecule has 2 aromatic rings. The van der Waals surface area contributed by atoms with Crippen molar-refractivity contribution in [2.45, 2.75) is 31.5 Å².